The Balaban J connectivity index is 2.11. The fourth-order valence-electron chi connectivity index (χ4n) is 1.35. The van der Waals surface area contributed by atoms with E-state index < -0.39 is 0 Å². The second-order valence-electron chi connectivity index (χ2n) is 2.38. The third-order valence-electron chi connectivity index (χ3n) is 2.16. The highest BCUT2D eigenvalue weighted by Gasteiger charge is 2.51. The molecule has 34 valence electrons. The van der Waals surface area contributed by atoms with Crippen molar-refractivity contribution in [2.75, 3.05) is 7.05 Å². The van der Waals surface area contributed by atoms with Crippen LogP contribution in [0.4, 0.5) is 0 Å². The minimum absolute atomic E-state index is 1.03. The molecular weight excluding hydrogens is 74.1 g/mol. The first kappa shape index (κ1) is 3.03. The van der Waals surface area contributed by atoms with E-state index in [4.69, 9.17) is 0 Å². The van der Waals surface area contributed by atoms with E-state index in [0.29, 0.717) is 0 Å². The van der Waals surface area contributed by atoms with Crippen molar-refractivity contribution in [2.24, 2.45) is 0 Å². The SMILES string of the molecule is CN1C2CCC21. The van der Waals surface area contributed by atoms with Gasteiger partial charge in [0.25, 0.3) is 0 Å². The third-order valence-corrected chi connectivity index (χ3v) is 2.16. The number of hydrogen-bond acceptors (Lipinski definition) is 1. The molecule has 1 heteroatoms. The normalized spacial score (nSPS) is 62.5. The number of rotatable bonds is 0. The van der Waals surface area contributed by atoms with E-state index in [9.17, 15) is 0 Å². The molecule has 0 aromatic rings. The van der Waals surface area contributed by atoms with Crippen molar-refractivity contribution in [2.45, 2.75) is 24.9 Å². The van der Waals surface area contributed by atoms with Crippen molar-refractivity contribution in [1.82, 2.24) is 4.90 Å². The second kappa shape index (κ2) is 0.648. The van der Waals surface area contributed by atoms with Crippen molar-refractivity contribution in [3.05, 3.63) is 0 Å². The Morgan fingerprint density at radius 1 is 1.33 bits per heavy atom. The van der Waals surface area contributed by atoms with Gasteiger partial charge in [0.2, 0.25) is 0 Å². The van der Waals surface area contributed by atoms with E-state index in [2.05, 4.69) is 11.9 Å². The summed E-state index contributed by atoms with van der Waals surface area (Å²) in [5, 5.41) is 0. The Morgan fingerprint density at radius 3 is 1.83 bits per heavy atom. The molecule has 1 aliphatic heterocycles. The average Bonchev–Trinajstić information content (AvgIpc) is 1.63. The Labute approximate surface area is 37.9 Å². The summed E-state index contributed by atoms with van der Waals surface area (Å²) in [5.41, 5.74) is 0. The fourth-order valence-corrected chi connectivity index (χ4v) is 1.35. The van der Waals surface area contributed by atoms with Crippen LogP contribution in [0.3, 0.4) is 0 Å². The van der Waals surface area contributed by atoms with Gasteiger partial charge in [-0.05, 0) is 19.9 Å². The van der Waals surface area contributed by atoms with Crippen molar-refractivity contribution in [3.63, 3.8) is 0 Å². The van der Waals surface area contributed by atoms with Gasteiger partial charge in [-0.15, -0.1) is 0 Å². The lowest BCUT2D eigenvalue weighted by Crippen LogP contribution is -2.04. The zero-order chi connectivity index (χ0) is 4.15. The summed E-state index contributed by atoms with van der Waals surface area (Å²) < 4.78 is 0. The van der Waals surface area contributed by atoms with Crippen LogP contribution in [-0.4, -0.2) is 24.0 Å². The van der Waals surface area contributed by atoms with Crippen LogP contribution in [0, 0.1) is 0 Å². The molecule has 6 heavy (non-hydrogen) atoms. The number of fused-ring (bicyclic) bond motifs is 1. The van der Waals surface area contributed by atoms with Crippen LogP contribution in [0.15, 0.2) is 0 Å². The van der Waals surface area contributed by atoms with Crippen LogP contribution in [0.1, 0.15) is 12.8 Å². The molecule has 0 aromatic carbocycles. The summed E-state index contributed by atoms with van der Waals surface area (Å²) >= 11 is 0. The second-order valence-corrected chi connectivity index (χ2v) is 2.38. The maximum Gasteiger partial charge on any atom is 0.0252 e. The lowest BCUT2D eigenvalue weighted by atomic mass is 10.0. The van der Waals surface area contributed by atoms with Crippen molar-refractivity contribution in [3.8, 4) is 0 Å². The molecule has 0 radical (unpaired) electrons. The molecule has 1 saturated carbocycles. The van der Waals surface area contributed by atoms with Gasteiger partial charge in [-0.1, -0.05) is 0 Å². The molecule has 0 spiro atoms. The monoisotopic (exact) mass is 83.1 g/mol. The highest BCUT2D eigenvalue weighted by atomic mass is 15.4. The van der Waals surface area contributed by atoms with Gasteiger partial charge in [0, 0.05) is 12.1 Å². The van der Waals surface area contributed by atoms with Crippen LogP contribution in [0.5, 0.6) is 0 Å². The molecule has 2 unspecified atom stereocenters. The van der Waals surface area contributed by atoms with Crippen LogP contribution in [0.25, 0.3) is 0 Å². The summed E-state index contributed by atoms with van der Waals surface area (Å²) in [6, 6.07) is 2.06. The zero-order valence-corrected chi connectivity index (χ0v) is 4.02. The standard InChI is InChI=1S/C5H9N/c1-6-4-2-3-5(4)6/h4-5H,2-3H2,1H3. The Bertz CT molecular complexity index is 63.3. The highest BCUT2D eigenvalue weighted by Crippen LogP contribution is 2.43. The van der Waals surface area contributed by atoms with Crippen LogP contribution in [0.2, 0.25) is 0 Å². The van der Waals surface area contributed by atoms with E-state index in [1.165, 1.54) is 12.8 Å². The quantitative estimate of drug-likeness (QED) is 0.384. The highest BCUT2D eigenvalue weighted by molar-refractivity contribution is 5.08. The van der Waals surface area contributed by atoms with Gasteiger partial charge in [-0.2, -0.15) is 0 Å². The topological polar surface area (TPSA) is 3.01 Å². The van der Waals surface area contributed by atoms with Gasteiger partial charge < -0.3 is 0 Å². The summed E-state index contributed by atoms with van der Waals surface area (Å²) in [6.07, 6.45) is 2.95. The van der Waals surface area contributed by atoms with Gasteiger partial charge >= 0.3 is 0 Å². The van der Waals surface area contributed by atoms with Gasteiger partial charge in [0.1, 0.15) is 0 Å². The molecule has 0 aromatic heterocycles. The largest absolute Gasteiger partial charge is 0.297 e. The fraction of sp³-hybridized carbons (Fsp3) is 1.00. The van der Waals surface area contributed by atoms with Crippen molar-refractivity contribution >= 4 is 0 Å². The van der Waals surface area contributed by atoms with Gasteiger partial charge in [-0.25, -0.2) is 0 Å². The van der Waals surface area contributed by atoms with E-state index in [1.807, 2.05) is 0 Å². The number of likely N-dealkylation sites (N-methyl/N-ethyl adjacent to an activating group) is 1. The maximum atomic E-state index is 2.44. The zero-order valence-electron chi connectivity index (χ0n) is 4.02. The predicted octanol–water partition coefficient (Wildman–Crippen LogP) is 0.463. The Kier molecular flexibility index (Phi) is 0.327. The minimum Gasteiger partial charge on any atom is -0.297 e. The number of hydrogen-bond donors (Lipinski definition) is 0. The summed E-state index contributed by atoms with van der Waals surface area (Å²) in [6.45, 7) is 0. The molecule has 1 heterocycles. The molecule has 0 N–H and O–H groups in total. The van der Waals surface area contributed by atoms with Gasteiger partial charge in [-0.3, -0.25) is 4.90 Å². The lowest BCUT2D eigenvalue weighted by molar-refractivity contribution is 0.612. The minimum atomic E-state index is 1.03. The lowest BCUT2D eigenvalue weighted by Gasteiger charge is -2.00. The molecule has 2 rings (SSSR count). The predicted molar refractivity (Wildman–Crippen MR) is 24.6 cm³/mol. The first-order valence-electron chi connectivity index (χ1n) is 2.61. The molecule has 0 bridgehead atoms. The summed E-state index contributed by atoms with van der Waals surface area (Å²) in [7, 11) is 2.21. The molecule has 2 aliphatic rings. The number of likely N-dealkylation sites (tertiary alicyclic amines) is 1. The molecule has 1 aliphatic carbocycles. The third kappa shape index (κ3) is 0.155. The first-order chi connectivity index (χ1) is 2.89. The molecule has 1 nitrogen and oxygen atoms in total. The van der Waals surface area contributed by atoms with Gasteiger partial charge in [0.05, 0.1) is 0 Å². The smallest absolute Gasteiger partial charge is 0.0252 e. The first-order valence-corrected chi connectivity index (χ1v) is 2.61. The average molecular weight is 83.1 g/mol. The van der Waals surface area contributed by atoms with Gasteiger partial charge in [0.15, 0.2) is 0 Å². The molecular formula is C5H9N. The molecule has 1 saturated heterocycles. The van der Waals surface area contributed by atoms with E-state index in [0.717, 1.165) is 12.1 Å². The van der Waals surface area contributed by atoms with E-state index in [-0.39, 0.29) is 0 Å². The van der Waals surface area contributed by atoms with Crippen molar-refractivity contribution < 1.29 is 0 Å². The molecule has 0 amide bonds. The number of nitrogens with zero attached hydrogens (tertiary/aromatic N) is 1. The van der Waals surface area contributed by atoms with Crippen molar-refractivity contribution in [1.29, 1.82) is 0 Å². The van der Waals surface area contributed by atoms with E-state index in [1.54, 1.807) is 0 Å². The Hall–Kier alpha value is -0.0400. The summed E-state index contributed by atoms with van der Waals surface area (Å²) in [4.78, 5) is 2.44. The van der Waals surface area contributed by atoms with Crippen LogP contribution >= 0.6 is 0 Å². The summed E-state index contributed by atoms with van der Waals surface area (Å²) in [5.74, 6) is 0. The maximum absolute atomic E-state index is 2.44. The molecule has 2 atom stereocenters. The van der Waals surface area contributed by atoms with E-state index >= 15 is 0 Å². The van der Waals surface area contributed by atoms with Crippen LogP contribution in [-0.2, 0) is 0 Å². The molecule has 2 fully saturated rings. The van der Waals surface area contributed by atoms with Crippen LogP contribution < -0.4 is 0 Å². The Morgan fingerprint density at radius 2 is 1.83 bits per heavy atom.